The van der Waals surface area contributed by atoms with Crippen molar-refractivity contribution in [2.45, 2.75) is 25.8 Å². The highest BCUT2D eigenvalue weighted by Crippen LogP contribution is 2.20. The van der Waals surface area contributed by atoms with Gasteiger partial charge in [-0.05, 0) is 37.1 Å². The first-order valence-corrected chi connectivity index (χ1v) is 7.61. The number of H-pyrrole nitrogens is 2. The molecule has 0 spiro atoms. The highest BCUT2D eigenvalue weighted by molar-refractivity contribution is 5.62. The van der Waals surface area contributed by atoms with Crippen LogP contribution >= 0.6 is 0 Å². The van der Waals surface area contributed by atoms with Crippen molar-refractivity contribution in [2.75, 3.05) is 25.0 Å². The van der Waals surface area contributed by atoms with Crippen LogP contribution in [0.5, 0.6) is 0 Å². The Morgan fingerprint density at radius 2 is 1.90 bits per heavy atom. The summed E-state index contributed by atoms with van der Waals surface area (Å²) in [6.45, 7) is 5.72. The van der Waals surface area contributed by atoms with Crippen LogP contribution in [0.15, 0.2) is 35.1 Å². The topological polar surface area (TPSA) is 63.9 Å². The van der Waals surface area contributed by atoms with Gasteiger partial charge in [-0.15, -0.1) is 0 Å². The molecule has 0 unspecified atom stereocenters. The number of nitrogens with zero attached hydrogens (tertiary/aromatic N) is 1. The smallest absolute Gasteiger partial charge is 0.264 e. The Morgan fingerprint density at radius 1 is 1.19 bits per heavy atom. The number of hydrogen-bond acceptors (Lipinski definition) is 3. The van der Waals surface area contributed by atoms with Crippen molar-refractivity contribution in [2.24, 2.45) is 0 Å². The zero-order valence-corrected chi connectivity index (χ0v) is 12.4. The zero-order valence-electron chi connectivity index (χ0n) is 12.4. The molecule has 2 aromatic rings. The molecule has 1 aromatic heterocycles. The number of anilines is 1. The largest absolute Gasteiger partial charge is 0.382 e. The lowest BCUT2D eigenvalue weighted by Crippen LogP contribution is -2.38. The lowest BCUT2D eigenvalue weighted by molar-refractivity contribution is 0.229. The molecule has 5 nitrogen and oxygen atoms in total. The van der Waals surface area contributed by atoms with Gasteiger partial charge in [0.1, 0.15) is 0 Å². The van der Waals surface area contributed by atoms with E-state index in [1.807, 2.05) is 12.1 Å². The van der Waals surface area contributed by atoms with E-state index in [4.69, 9.17) is 0 Å². The first-order chi connectivity index (χ1) is 10.2. The molecule has 1 aliphatic heterocycles. The third-order valence-electron chi connectivity index (χ3n) is 4.20. The Labute approximate surface area is 124 Å². The SMILES string of the molecule is CCN1CCC(Nc2ccc(-c3cc(=O)[nH][nH]3)cc2)CC1. The van der Waals surface area contributed by atoms with Gasteiger partial charge in [0.15, 0.2) is 0 Å². The van der Waals surface area contributed by atoms with E-state index in [0.29, 0.717) is 6.04 Å². The molecule has 0 aliphatic carbocycles. The lowest BCUT2D eigenvalue weighted by atomic mass is 10.0. The molecule has 1 aliphatic rings. The number of aromatic nitrogens is 2. The molecule has 2 heterocycles. The summed E-state index contributed by atoms with van der Waals surface area (Å²) in [6, 6.07) is 10.3. The zero-order chi connectivity index (χ0) is 14.7. The van der Waals surface area contributed by atoms with E-state index in [1.165, 1.54) is 25.9 Å². The lowest BCUT2D eigenvalue weighted by Gasteiger charge is -2.32. The van der Waals surface area contributed by atoms with E-state index in [-0.39, 0.29) is 5.56 Å². The highest BCUT2D eigenvalue weighted by Gasteiger charge is 2.17. The van der Waals surface area contributed by atoms with Gasteiger partial charge in [0, 0.05) is 30.9 Å². The minimum Gasteiger partial charge on any atom is -0.382 e. The summed E-state index contributed by atoms with van der Waals surface area (Å²) in [5, 5.41) is 9.03. The molecular formula is C16H22N4O. The maximum absolute atomic E-state index is 11.1. The molecule has 0 saturated carbocycles. The van der Waals surface area contributed by atoms with Gasteiger partial charge in [0.2, 0.25) is 0 Å². The summed E-state index contributed by atoms with van der Waals surface area (Å²) >= 11 is 0. The van der Waals surface area contributed by atoms with E-state index in [9.17, 15) is 4.79 Å². The van der Waals surface area contributed by atoms with Crippen LogP contribution in [-0.4, -0.2) is 40.8 Å². The normalized spacial score (nSPS) is 17.0. The van der Waals surface area contributed by atoms with Crippen molar-refractivity contribution < 1.29 is 0 Å². The molecule has 0 amide bonds. The third-order valence-corrected chi connectivity index (χ3v) is 4.20. The fraction of sp³-hybridized carbons (Fsp3) is 0.438. The number of rotatable bonds is 4. The van der Waals surface area contributed by atoms with Gasteiger partial charge in [-0.3, -0.25) is 15.0 Å². The maximum Gasteiger partial charge on any atom is 0.264 e. The second-order valence-corrected chi connectivity index (χ2v) is 5.60. The third kappa shape index (κ3) is 3.36. The summed E-state index contributed by atoms with van der Waals surface area (Å²) in [5.74, 6) is 0. The average molecular weight is 286 g/mol. The summed E-state index contributed by atoms with van der Waals surface area (Å²) in [4.78, 5) is 13.6. The maximum atomic E-state index is 11.1. The molecule has 3 rings (SSSR count). The van der Waals surface area contributed by atoms with Gasteiger partial charge >= 0.3 is 0 Å². The predicted octanol–water partition coefficient (Wildman–Crippen LogP) is 2.27. The summed E-state index contributed by atoms with van der Waals surface area (Å²) < 4.78 is 0. The van der Waals surface area contributed by atoms with Gasteiger partial charge < -0.3 is 10.2 Å². The summed E-state index contributed by atoms with van der Waals surface area (Å²) in [7, 11) is 0. The van der Waals surface area contributed by atoms with Crippen molar-refractivity contribution in [1.82, 2.24) is 15.1 Å². The highest BCUT2D eigenvalue weighted by atomic mass is 16.1. The Bertz CT molecular complexity index is 620. The van der Waals surface area contributed by atoms with E-state index < -0.39 is 0 Å². The minimum absolute atomic E-state index is 0.102. The molecule has 1 saturated heterocycles. The van der Waals surface area contributed by atoms with Crippen LogP contribution in [0.25, 0.3) is 11.3 Å². The van der Waals surface area contributed by atoms with Crippen LogP contribution in [0, 0.1) is 0 Å². The monoisotopic (exact) mass is 286 g/mol. The second kappa shape index (κ2) is 6.18. The van der Waals surface area contributed by atoms with E-state index >= 15 is 0 Å². The van der Waals surface area contributed by atoms with Gasteiger partial charge in [0.05, 0.1) is 5.69 Å². The van der Waals surface area contributed by atoms with Crippen LogP contribution in [0.2, 0.25) is 0 Å². The Balaban J connectivity index is 1.61. The van der Waals surface area contributed by atoms with E-state index in [1.54, 1.807) is 6.07 Å². The van der Waals surface area contributed by atoms with Gasteiger partial charge in [-0.1, -0.05) is 19.1 Å². The average Bonchev–Trinajstić information content (AvgIpc) is 2.95. The van der Waals surface area contributed by atoms with Crippen molar-refractivity contribution in [3.05, 3.63) is 40.7 Å². The molecule has 1 fully saturated rings. The van der Waals surface area contributed by atoms with Crippen molar-refractivity contribution >= 4 is 5.69 Å². The van der Waals surface area contributed by atoms with Crippen molar-refractivity contribution in [1.29, 1.82) is 0 Å². The molecule has 1 aromatic carbocycles. The molecule has 0 bridgehead atoms. The number of nitrogens with one attached hydrogen (secondary N) is 3. The summed E-state index contributed by atoms with van der Waals surface area (Å²) in [6.07, 6.45) is 2.39. The fourth-order valence-corrected chi connectivity index (χ4v) is 2.86. The number of benzene rings is 1. The second-order valence-electron chi connectivity index (χ2n) is 5.60. The molecule has 0 atom stereocenters. The van der Waals surface area contributed by atoms with Crippen molar-refractivity contribution in [3.8, 4) is 11.3 Å². The van der Waals surface area contributed by atoms with Gasteiger partial charge in [0.25, 0.3) is 5.56 Å². The van der Waals surface area contributed by atoms with Crippen LogP contribution in [0.1, 0.15) is 19.8 Å². The number of piperidine rings is 1. The van der Waals surface area contributed by atoms with Crippen LogP contribution in [-0.2, 0) is 0 Å². The van der Waals surface area contributed by atoms with Gasteiger partial charge in [-0.2, -0.15) is 0 Å². The first kappa shape index (κ1) is 13.9. The quantitative estimate of drug-likeness (QED) is 0.808. The molecular weight excluding hydrogens is 264 g/mol. The molecule has 3 N–H and O–H groups in total. The molecule has 112 valence electrons. The van der Waals surface area contributed by atoms with Crippen LogP contribution in [0.4, 0.5) is 5.69 Å². The minimum atomic E-state index is -0.102. The number of aromatic amines is 2. The fourth-order valence-electron chi connectivity index (χ4n) is 2.86. The van der Waals surface area contributed by atoms with Crippen LogP contribution in [0.3, 0.4) is 0 Å². The van der Waals surface area contributed by atoms with Crippen LogP contribution < -0.4 is 10.9 Å². The first-order valence-electron chi connectivity index (χ1n) is 7.61. The predicted molar refractivity (Wildman–Crippen MR) is 85.6 cm³/mol. The van der Waals surface area contributed by atoms with Gasteiger partial charge in [-0.25, -0.2) is 0 Å². The molecule has 0 radical (unpaired) electrons. The van der Waals surface area contributed by atoms with Crippen molar-refractivity contribution in [3.63, 3.8) is 0 Å². The molecule has 21 heavy (non-hydrogen) atoms. The molecule has 5 heteroatoms. The number of hydrogen-bond donors (Lipinski definition) is 3. The Kier molecular flexibility index (Phi) is 4.10. The standard InChI is InChI=1S/C16H22N4O/c1-2-20-9-7-14(8-10-20)17-13-5-3-12(4-6-13)15-11-16(21)19-18-15/h3-6,11,14,17H,2,7-10H2,1H3,(H2,18,19,21). The number of likely N-dealkylation sites (tertiary alicyclic amines) is 1. The summed E-state index contributed by atoms with van der Waals surface area (Å²) in [5.41, 5.74) is 2.88. The van der Waals surface area contributed by atoms with E-state index in [0.717, 1.165) is 23.5 Å². The Morgan fingerprint density at radius 3 is 2.48 bits per heavy atom. The Hall–Kier alpha value is -2.01. The van der Waals surface area contributed by atoms with E-state index in [2.05, 4.69) is 39.5 Å².